The van der Waals surface area contributed by atoms with Crippen LogP contribution in [0.4, 0.5) is 4.39 Å². The molecule has 28 heavy (non-hydrogen) atoms. The zero-order valence-electron chi connectivity index (χ0n) is 16.1. The predicted molar refractivity (Wildman–Crippen MR) is 103 cm³/mol. The van der Waals surface area contributed by atoms with Gasteiger partial charge in [0.15, 0.2) is 0 Å². The van der Waals surface area contributed by atoms with E-state index in [1.165, 1.54) is 17.0 Å². The molecule has 0 aliphatic carbocycles. The van der Waals surface area contributed by atoms with Gasteiger partial charge in [-0.3, -0.25) is 9.59 Å². The number of nitrogens with one attached hydrogen (secondary N) is 1. The van der Waals surface area contributed by atoms with Crippen molar-refractivity contribution in [3.05, 3.63) is 71.0 Å². The second kappa shape index (κ2) is 7.43. The number of carbonyl (C=O) groups excluding carboxylic acids is 2. The lowest BCUT2D eigenvalue weighted by Crippen LogP contribution is -2.70. The van der Waals surface area contributed by atoms with E-state index >= 15 is 0 Å². The standard InChI is InChI=1S/C22H22FN3O2/c1-14(18-7-5-4-6-16(18)13-24)19-20(27)26(3)22(2,21(28)25-19)12-15-8-10-17(23)11-9-15/h4-11,14,19H,12H2,1-3H3,(H,25,28). The van der Waals surface area contributed by atoms with Gasteiger partial charge in [0.2, 0.25) is 11.8 Å². The number of rotatable bonds is 4. The molecule has 2 aromatic rings. The summed E-state index contributed by atoms with van der Waals surface area (Å²) in [5.41, 5.74) is 0.887. The first kappa shape index (κ1) is 19.6. The topological polar surface area (TPSA) is 73.2 Å². The van der Waals surface area contributed by atoms with E-state index in [0.29, 0.717) is 5.56 Å². The van der Waals surface area contributed by atoms with E-state index in [1.807, 2.05) is 13.0 Å². The first-order valence-electron chi connectivity index (χ1n) is 9.10. The Balaban J connectivity index is 1.87. The molecule has 1 fully saturated rings. The minimum atomic E-state index is -1.08. The molecule has 6 heteroatoms. The molecule has 3 unspecified atom stereocenters. The van der Waals surface area contributed by atoms with Gasteiger partial charge in [0.05, 0.1) is 11.6 Å². The Bertz CT molecular complexity index is 951. The van der Waals surface area contributed by atoms with Gasteiger partial charge >= 0.3 is 0 Å². The van der Waals surface area contributed by atoms with Crippen molar-refractivity contribution in [3.63, 3.8) is 0 Å². The number of piperazine rings is 1. The number of benzene rings is 2. The average molecular weight is 379 g/mol. The monoisotopic (exact) mass is 379 g/mol. The Morgan fingerprint density at radius 3 is 2.50 bits per heavy atom. The molecular formula is C22H22FN3O2. The number of amides is 2. The normalized spacial score (nSPS) is 23.1. The molecule has 1 saturated heterocycles. The lowest BCUT2D eigenvalue weighted by molar-refractivity contribution is -0.154. The van der Waals surface area contributed by atoms with E-state index in [2.05, 4.69) is 11.4 Å². The number of nitrogens with zero attached hydrogens (tertiary/aromatic N) is 2. The third-order valence-electron chi connectivity index (χ3n) is 5.65. The van der Waals surface area contributed by atoms with Crippen molar-refractivity contribution in [1.82, 2.24) is 10.2 Å². The average Bonchev–Trinajstić information content (AvgIpc) is 2.70. The summed E-state index contributed by atoms with van der Waals surface area (Å²) in [7, 11) is 1.61. The summed E-state index contributed by atoms with van der Waals surface area (Å²) < 4.78 is 13.2. The third kappa shape index (κ3) is 3.36. The van der Waals surface area contributed by atoms with Crippen molar-refractivity contribution in [1.29, 1.82) is 5.26 Å². The van der Waals surface area contributed by atoms with E-state index in [1.54, 1.807) is 44.3 Å². The molecule has 0 radical (unpaired) electrons. The van der Waals surface area contributed by atoms with E-state index in [-0.39, 0.29) is 30.0 Å². The van der Waals surface area contributed by atoms with Crippen molar-refractivity contribution in [2.75, 3.05) is 7.05 Å². The van der Waals surface area contributed by atoms with Gasteiger partial charge in [-0.05, 0) is 36.2 Å². The molecule has 1 heterocycles. The molecule has 144 valence electrons. The van der Waals surface area contributed by atoms with Gasteiger partial charge in [0.1, 0.15) is 17.4 Å². The van der Waals surface area contributed by atoms with Crippen molar-refractivity contribution >= 4 is 11.8 Å². The highest BCUT2D eigenvalue weighted by molar-refractivity contribution is 6.00. The van der Waals surface area contributed by atoms with E-state index < -0.39 is 11.6 Å². The zero-order valence-corrected chi connectivity index (χ0v) is 16.1. The van der Waals surface area contributed by atoms with Crippen LogP contribution in [0, 0.1) is 17.1 Å². The van der Waals surface area contributed by atoms with Crippen molar-refractivity contribution in [2.45, 2.75) is 37.8 Å². The third-order valence-corrected chi connectivity index (χ3v) is 5.65. The van der Waals surface area contributed by atoms with E-state index in [4.69, 9.17) is 0 Å². The summed E-state index contributed by atoms with van der Waals surface area (Å²) >= 11 is 0. The van der Waals surface area contributed by atoms with Crippen LogP contribution in [0.3, 0.4) is 0 Å². The molecule has 0 aromatic heterocycles. The highest BCUT2D eigenvalue weighted by Gasteiger charge is 2.49. The van der Waals surface area contributed by atoms with Crippen LogP contribution in [0.25, 0.3) is 0 Å². The van der Waals surface area contributed by atoms with E-state index in [9.17, 15) is 19.2 Å². The van der Waals surface area contributed by atoms with Crippen LogP contribution in [0.2, 0.25) is 0 Å². The molecule has 3 rings (SSSR count). The van der Waals surface area contributed by atoms with Crippen molar-refractivity contribution < 1.29 is 14.0 Å². The Hall–Kier alpha value is -3.20. The molecule has 2 aromatic carbocycles. The molecule has 2 amide bonds. The first-order chi connectivity index (χ1) is 13.3. The molecule has 0 spiro atoms. The molecule has 0 saturated carbocycles. The summed E-state index contributed by atoms with van der Waals surface area (Å²) in [5.74, 6) is -1.20. The second-order valence-corrected chi connectivity index (χ2v) is 7.41. The summed E-state index contributed by atoms with van der Waals surface area (Å²) in [6.45, 7) is 3.53. The Labute approximate surface area is 163 Å². The van der Waals surface area contributed by atoms with Gasteiger partial charge in [-0.25, -0.2) is 4.39 Å². The van der Waals surface area contributed by atoms with Crippen LogP contribution in [0.15, 0.2) is 48.5 Å². The van der Waals surface area contributed by atoms with Crippen molar-refractivity contribution in [2.24, 2.45) is 0 Å². The summed E-state index contributed by atoms with van der Waals surface area (Å²) in [5, 5.41) is 12.2. The van der Waals surface area contributed by atoms with E-state index in [0.717, 1.165) is 11.1 Å². The Morgan fingerprint density at radius 2 is 1.86 bits per heavy atom. The van der Waals surface area contributed by atoms with Crippen LogP contribution < -0.4 is 5.32 Å². The number of hydrogen-bond acceptors (Lipinski definition) is 3. The quantitative estimate of drug-likeness (QED) is 0.888. The number of carbonyl (C=O) groups is 2. The van der Waals surface area contributed by atoms with Crippen LogP contribution in [0.1, 0.15) is 36.5 Å². The minimum absolute atomic E-state index is 0.218. The fourth-order valence-corrected chi connectivity index (χ4v) is 3.68. The summed E-state index contributed by atoms with van der Waals surface area (Å²) in [6, 6.07) is 14.4. The second-order valence-electron chi connectivity index (χ2n) is 7.41. The number of halogens is 1. The number of hydrogen-bond donors (Lipinski definition) is 1. The highest BCUT2D eigenvalue weighted by Crippen LogP contribution is 2.31. The van der Waals surface area contributed by atoms with Gasteiger partial charge in [0.25, 0.3) is 0 Å². The van der Waals surface area contributed by atoms with Gasteiger partial charge in [-0.1, -0.05) is 37.3 Å². The molecule has 3 atom stereocenters. The molecule has 1 N–H and O–H groups in total. The lowest BCUT2D eigenvalue weighted by atomic mass is 9.82. The predicted octanol–water partition coefficient (Wildman–Crippen LogP) is 2.76. The van der Waals surface area contributed by atoms with Crippen molar-refractivity contribution in [3.8, 4) is 6.07 Å². The van der Waals surface area contributed by atoms with Crippen LogP contribution in [-0.4, -0.2) is 35.3 Å². The largest absolute Gasteiger partial charge is 0.342 e. The number of nitriles is 1. The Kier molecular flexibility index (Phi) is 5.19. The van der Waals surface area contributed by atoms with Crippen LogP contribution in [0.5, 0.6) is 0 Å². The van der Waals surface area contributed by atoms with Gasteiger partial charge < -0.3 is 10.2 Å². The molecule has 0 bridgehead atoms. The maximum atomic E-state index is 13.2. The van der Waals surface area contributed by atoms with Gasteiger partial charge in [-0.15, -0.1) is 0 Å². The highest BCUT2D eigenvalue weighted by atomic mass is 19.1. The maximum absolute atomic E-state index is 13.2. The minimum Gasteiger partial charge on any atom is -0.342 e. The molecule has 1 aliphatic rings. The van der Waals surface area contributed by atoms with Crippen LogP contribution in [-0.2, 0) is 16.0 Å². The number of likely N-dealkylation sites (N-methyl/N-ethyl adjacent to an activating group) is 1. The Morgan fingerprint density at radius 1 is 1.21 bits per heavy atom. The zero-order chi connectivity index (χ0) is 20.5. The fourth-order valence-electron chi connectivity index (χ4n) is 3.68. The van der Waals surface area contributed by atoms with Crippen LogP contribution >= 0.6 is 0 Å². The summed E-state index contributed by atoms with van der Waals surface area (Å²) in [6.07, 6.45) is 0.275. The van der Waals surface area contributed by atoms with Gasteiger partial charge in [0, 0.05) is 19.4 Å². The first-order valence-corrected chi connectivity index (χ1v) is 9.10. The summed E-state index contributed by atoms with van der Waals surface area (Å²) in [4.78, 5) is 27.6. The fraction of sp³-hybridized carbons (Fsp3) is 0.318. The smallest absolute Gasteiger partial charge is 0.246 e. The molecule has 5 nitrogen and oxygen atoms in total. The maximum Gasteiger partial charge on any atom is 0.246 e. The molecule has 1 aliphatic heterocycles. The lowest BCUT2D eigenvalue weighted by Gasteiger charge is -2.46. The molecular weight excluding hydrogens is 357 g/mol. The SMILES string of the molecule is CC(c1ccccc1C#N)C1NC(=O)C(C)(Cc2ccc(F)cc2)N(C)C1=O. The van der Waals surface area contributed by atoms with Gasteiger partial charge in [-0.2, -0.15) is 5.26 Å².